The molecule has 7 heteroatoms. The van der Waals surface area contributed by atoms with Gasteiger partial charge in [0.1, 0.15) is 5.75 Å². The van der Waals surface area contributed by atoms with Gasteiger partial charge in [0.25, 0.3) is 0 Å². The number of rotatable bonds is 18. The number of hydrogen-bond acceptors (Lipinski definition) is 7. The Hall–Kier alpha value is -3.62. The van der Waals surface area contributed by atoms with Crippen LogP contribution in [0.2, 0.25) is 0 Å². The molecule has 2 aromatic carbocycles. The number of nitrogens with zero attached hydrogens (tertiary/aromatic N) is 3. The Balaban J connectivity index is 1.09. The first-order valence-corrected chi connectivity index (χ1v) is 15.2. The molecule has 220 valence electrons. The van der Waals surface area contributed by atoms with Crippen LogP contribution in [0, 0.1) is 5.92 Å². The summed E-state index contributed by atoms with van der Waals surface area (Å²) in [6.45, 7) is 7.97. The van der Waals surface area contributed by atoms with E-state index in [-0.39, 0.29) is 0 Å². The predicted octanol–water partition coefficient (Wildman–Crippen LogP) is 4.85. The van der Waals surface area contributed by atoms with Crippen LogP contribution in [0.25, 0.3) is 0 Å². The summed E-state index contributed by atoms with van der Waals surface area (Å²) in [7, 11) is 0. The van der Waals surface area contributed by atoms with Crippen LogP contribution in [-0.4, -0.2) is 52.7 Å². The summed E-state index contributed by atoms with van der Waals surface area (Å²) in [6, 6.07) is 28.9. The van der Waals surface area contributed by atoms with Gasteiger partial charge in [-0.25, -0.2) is 0 Å². The third-order valence-corrected chi connectivity index (χ3v) is 7.89. The molecular weight excluding hydrogens is 520 g/mol. The van der Waals surface area contributed by atoms with E-state index in [0.29, 0.717) is 11.7 Å². The van der Waals surface area contributed by atoms with E-state index in [2.05, 4.69) is 73.3 Å². The molecule has 1 aliphatic carbocycles. The van der Waals surface area contributed by atoms with E-state index in [1.54, 1.807) is 6.07 Å². The number of aromatic hydroxyl groups is 1. The molecule has 5 rings (SSSR count). The van der Waals surface area contributed by atoms with E-state index in [1.807, 2.05) is 48.8 Å². The fourth-order valence-electron chi connectivity index (χ4n) is 5.39. The van der Waals surface area contributed by atoms with Gasteiger partial charge in [-0.05, 0) is 77.8 Å². The van der Waals surface area contributed by atoms with Crippen molar-refractivity contribution in [2.75, 3.05) is 32.7 Å². The molecule has 1 saturated carbocycles. The zero-order valence-corrected chi connectivity index (χ0v) is 24.5. The Labute approximate surface area is 250 Å². The summed E-state index contributed by atoms with van der Waals surface area (Å²) in [6.07, 6.45) is 6.25. The van der Waals surface area contributed by atoms with Gasteiger partial charge < -0.3 is 21.1 Å². The third-order valence-electron chi connectivity index (χ3n) is 7.89. The molecule has 1 aliphatic rings. The van der Waals surface area contributed by atoms with Gasteiger partial charge >= 0.3 is 0 Å². The minimum atomic E-state index is 0.357. The standard InChI is InChI=1S/C35H44N6O/c42-34-9-5-6-31(22-34)35(30-14-15-30)26-38-23-28-10-12-29(13-11-28)27-41(20-18-36-24-32-7-1-3-16-39-32)21-19-37-25-33-8-2-4-17-40-33/h1-13,16-17,22,30,35-38,42H,14-15,18-21,23-27H2. The maximum absolute atomic E-state index is 9.94. The van der Waals surface area contributed by atoms with Gasteiger partial charge in [-0.1, -0.05) is 48.5 Å². The Kier molecular flexibility index (Phi) is 11.5. The Morgan fingerprint density at radius 3 is 1.93 bits per heavy atom. The van der Waals surface area contributed by atoms with Crippen LogP contribution in [-0.2, 0) is 26.2 Å². The van der Waals surface area contributed by atoms with E-state index >= 15 is 0 Å². The monoisotopic (exact) mass is 564 g/mol. The van der Waals surface area contributed by atoms with E-state index < -0.39 is 0 Å². The van der Waals surface area contributed by atoms with Crippen LogP contribution >= 0.6 is 0 Å². The number of phenolic OH excluding ortho intramolecular Hbond substituents is 1. The fraction of sp³-hybridized carbons (Fsp3) is 0.371. The molecule has 0 amide bonds. The fourth-order valence-corrected chi connectivity index (χ4v) is 5.39. The molecule has 42 heavy (non-hydrogen) atoms. The van der Waals surface area contributed by atoms with E-state index in [4.69, 9.17) is 0 Å². The minimum Gasteiger partial charge on any atom is -0.508 e. The predicted molar refractivity (Wildman–Crippen MR) is 169 cm³/mol. The first-order valence-electron chi connectivity index (χ1n) is 15.2. The molecule has 1 atom stereocenters. The van der Waals surface area contributed by atoms with Crippen LogP contribution in [0.5, 0.6) is 5.75 Å². The quantitative estimate of drug-likeness (QED) is 0.129. The minimum absolute atomic E-state index is 0.357. The summed E-state index contributed by atoms with van der Waals surface area (Å²) < 4.78 is 0. The Morgan fingerprint density at radius 1 is 0.714 bits per heavy atom. The Bertz CT molecular complexity index is 1270. The van der Waals surface area contributed by atoms with Gasteiger partial charge in [-0.15, -0.1) is 0 Å². The molecule has 7 nitrogen and oxygen atoms in total. The van der Waals surface area contributed by atoms with Gasteiger partial charge in [0.05, 0.1) is 11.4 Å². The molecular formula is C35H44N6O. The van der Waals surface area contributed by atoms with Gasteiger partial charge in [-0.2, -0.15) is 0 Å². The second kappa shape index (κ2) is 16.1. The summed E-state index contributed by atoms with van der Waals surface area (Å²) >= 11 is 0. The first kappa shape index (κ1) is 29.9. The number of phenols is 1. The van der Waals surface area contributed by atoms with Crippen LogP contribution in [0.3, 0.4) is 0 Å². The second-order valence-electron chi connectivity index (χ2n) is 11.3. The Morgan fingerprint density at radius 2 is 1.36 bits per heavy atom. The van der Waals surface area contributed by atoms with Gasteiger partial charge in [0.2, 0.25) is 0 Å². The van der Waals surface area contributed by atoms with Crippen molar-refractivity contribution in [3.63, 3.8) is 0 Å². The molecule has 0 radical (unpaired) electrons. The average molecular weight is 565 g/mol. The maximum atomic E-state index is 9.94. The van der Waals surface area contributed by atoms with Crippen molar-refractivity contribution in [2.24, 2.45) is 5.92 Å². The molecule has 0 spiro atoms. The molecule has 0 saturated heterocycles. The van der Waals surface area contributed by atoms with Crippen molar-refractivity contribution in [1.29, 1.82) is 0 Å². The highest BCUT2D eigenvalue weighted by Gasteiger charge is 2.32. The first-order chi connectivity index (χ1) is 20.7. The second-order valence-corrected chi connectivity index (χ2v) is 11.3. The molecule has 1 fully saturated rings. The van der Waals surface area contributed by atoms with Crippen molar-refractivity contribution in [3.05, 3.63) is 125 Å². The molecule has 2 heterocycles. The lowest BCUT2D eigenvalue weighted by Crippen LogP contribution is -2.36. The zero-order valence-electron chi connectivity index (χ0n) is 24.5. The van der Waals surface area contributed by atoms with E-state index in [1.165, 1.54) is 29.5 Å². The average Bonchev–Trinajstić information content (AvgIpc) is 3.87. The van der Waals surface area contributed by atoms with Crippen LogP contribution in [0.1, 0.15) is 46.8 Å². The van der Waals surface area contributed by atoms with Crippen molar-refractivity contribution in [2.45, 2.75) is 44.9 Å². The van der Waals surface area contributed by atoms with Crippen molar-refractivity contribution < 1.29 is 5.11 Å². The van der Waals surface area contributed by atoms with E-state index in [0.717, 1.165) is 76.2 Å². The van der Waals surface area contributed by atoms with Crippen molar-refractivity contribution >= 4 is 0 Å². The maximum Gasteiger partial charge on any atom is 0.115 e. The highest BCUT2D eigenvalue weighted by molar-refractivity contribution is 5.31. The summed E-state index contributed by atoms with van der Waals surface area (Å²) in [5.41, 5.74) is 5.99. The lowest BCUT2D eigenvalue weighted by molar-refractivity contribution is 0.263. The van der Waals surface area contributed by atoms with Gasteiger partial charge in [-0.3, -0.25) is 14.9 Å². The SMILES string of the molecule is Oc1cccc(C(CNCc2ccc(CN(CCNCc3ccccn3)CCNCc3ccccn3)cc2)C2CC2)c1. The largest absolute Gasteiger partial charge is 0.508 e. The molecule has 4 N–H and O–H groups in total. The smallest absolute Gasteiger partial charge is 0.115 e. The van der Waals surface area contributed by atoms with Crippen LogP contribution in [0.4, 0.5) is 0 Å². The number of hydrogen-bond donors (Lipinski definition) is 4. The van der Waals surface area contributed by atoms with E-state index in [9.17, 15) is 5.11 Å². The third kappa shape index (κ3) is 10.0. The summed E-state index contributed by atoms with van der Waals surface area (Å²) in [5, 5.41) is 20.7. The number of aromatic nitrogens is 2. The zero-order chi connectivity index (χ0) is 28.8. The topological polar surface area (TPSA) is 85.3 Å². The number of benzene rings is 2. The van der Waals surface area contributed by atoms with Crippen molar-refractivity contribution in [3.8, 4) is 5.75 Å². The molecule has 2 aromatic heterocycles. The molecule has 1 unspecified atom stereocenters. The lowest BCUT2D eigenvalue weighted by Gasteiger charge is -2.23. The van der Waals surface area contributed by atoms with Crippen molar-refractivity contribution in [1.82, 2.24) is 30.8 Å². The number of nitrogens with one attached hydrogen (secondary N) is 3. The molecule has 0 bridgehead atoms. The highest BCUT2D eigenvalue weighted by Crippen LogP contribution is 2.42. The highest BCUT2D eigenvalue weighted by atomic mass is 16.3. The van der Waals surface area contributed by atoms with Crippen LogP contribution in [0.15, 0.2) is 97.3 Å². The molecule has 4 aromatic rings. The van der Waals surface area contributed by atoms with Gasteiger partial charge in [0, 0.05) is 71.3 Å². The summed E-state index contributed by atoms with van der Waals surface area (Å²) in [5.74, 6) is 1.54. The summed E-state index contributed by atoms with van der Waals surface area (Å²) in [4.78, 5) is 11.3. The van der Waals surface area contributed by atoms with Gasteiger partial charge in [0.15, 0.2) is 0 Å². The molecule has 0 aliphatic heterocycles. The lowest BCUT2D eigenvalue weighted by atomic mass is 9.94. The normalized spacial score (nSPS) is 13.8. The number of pyridine rings is 2. The van der Waals surface area contributed by atoms with Crippen LogP contribution < -0.4 is 16.0 Å².